The van der Waals surface area contributed by atoms with Crippen LogP contribution in [0.4, 0.5) is 0 Å². The Hall–Kier alpha value is -1.38. The van der Waals surface area contributed by atoms with Crippen molar-refractivity contribution < 1.29 is 0 Å². The Kier molecular flexibility index (Phi) is 12.4. The summed E-state index contributed by atoms with van der Waals surface area (Å²) in [6.45, 7) is 1.39. The van der Waals surface area contributed by atoms with Crippen molar-refractivity contribution in [2.45, 2.75) is 51.4 Å². The van der Waals surface area contributed by atoms with Crippen LogP contribution in [0.1, 0.15) is 51.4 Å². The van der Waals surface area contributed by atoms with Crippen molar-refractivity contribution in [1.82, 2.24) is 9.82 Å². The molecule has 0 heterocycles. The standard InChI is InChI=1S/C10H22N6/c11-15-13-9-7-5-3-1-2-4-6-8-10-14-16-12/h11-12H,1-10H2/q+2. The summed E-state index contributed by atoms with van der Waals surface area (Å²) in [6.07, 6.45) is 9.52. The van der Waals surface area contributed by atoms with E-state index in [-0.39, 0.29) is 0 Å². The highest BCUT2D eigenvalue weighted by molar-refractivity contribution is 4.48. The van der Waals surface area contributed by atoms with Crippen LogP contribution in [0.2, 0.25) is 0 Å². The minimum Gasteiger partial charge on any atom is -0.0533 e. The fourth-order valence-electron chi connectivity index (χ4n) is 1.53. The number of hydrogen-bond acceptors (Lipinski definition) is 4. The molecule has 90 valence electrons. The molecule has 0 amide bonds. The van der Waals surface area contributed by atoms with Crippen LogP contribution in [0.3, 0.4) is 0 Å². The monoisotopic (exact) mass is 226 g/mol. The lowest BCUT2D eigenvalue weighted by atomic mass is 10.1. The first-order valence-corrected chi connectivity index (χ1v) is 5.98. The third kappa shape index (κ3) is 12.6. The maximum Gasteiger partial charge on any atom is 0.214 e. The molecule has 6 nitrogen and oxygen atoms in total. The van der Waals surface area contributed by atoms with Crippen molar-refractivity contribution in [1.29, 1.82) is 11.1 Å². The second kappa shape index (κ2) is 13.6. The normalized spacial score (nSPS) is 9.25. The Morgan fingerprint density at radius 3 is 1.19 bits per heavy atom. The molecule has 0 radical (unpaired) electrons. The lowest BCUT2D eigenvalue weighted by molar-refractivity contribution is 0.566. The van der Waals surface area contributed by atoms with Gasteiger partial charge < -0.3 is 0 Å². The van der Waals surface area contributed by atoms with Crippen molar-refractivity contribution in [3.8, 4) is 0 Å². The molecule has 0 atom stereocenters. The SMILES string of the molecule is N=[N+]=NCCCCCCCCCCN=[N+]=N. The fraction of sp³-hybridized carbons (Fsp3) is 1.00. The van der Waals surface area contributed by atoms with Crippen LogP contribution >= 0.6 is 0 Å². The van der Waals surface area contributed by atoms with E-state index in [0.29, 0.717) is 13.1 Å². The molecule has 0 spiro atoms. The summed E-state index contributed by atoms with van der Waals surface area (Å²) in [5.41, 5.74) is 13.0. The van der Waals surface area contributed by atoms with Crippen molar-refractivity contribution in [3.63, 3.8) is 0 Å². The summed E-state index contributed by atoms with van der Waals surface area (Å²) >= 11 is 0. The average Bonchev–Trinajstić information content (AvgIpc) is 2.31. The molecule has 0 saturated heterocycles. The quantitative estimate of drug-likeness (QED) is 0.307. The van der Waals surface area contributed by atoms with Crippen LogP contribution in [0.25, 0.3) is 0 Å². The average molecular weight is 226 g/mol. The van der Waals surface area contributed by atoms with Gasteiger partial charge in [-0.25, -0.2) is 0 Å². The van der Waals surface area contributed by atoms with Crippen molar-refractivity contribution in [2.75, 3.05) is 13.1 Å². The van der Waals surface area contributed by atoms with E-state index in [1.54, 1.807) is 0 Å². The summed E-state index contributed by atoms with van der Waals surface area (Å²) in [5.74, 6) is 0. The molecule has 0 aromatic rings. The maximum absolute atomic E-state index is 6.48. The van der Waals surface area contributed by atoms with Crippen molar-refractivity contribution in [3.05, 3.63) is 0 Å². The summed E-state index contributed by atoms with van der Waals surface area (Å²) < 4.78 is 0. The molecule has 0 unspecified atom stereocenters. The van der Waals surface area contributed by atoms with Crippen LogP contribution < -0.4 is 9.82 Å². The summed E-state index contributed by atoms with van der Waals surface area (Å²) in [5, 5.41) is 7.21. The minimum absolute atomic E-state index is 0.696. The van der Waals surface area contributed by atoms with Gasteiger partial charge in [0.1, 0.15) is 34.4 Å². The fourth-order valence-corrected chi connectivity index (χ4v) is 1.53. The van der Waals surface area contributed by atoms with Gasteiger partial charge in [0.25, 0.3) is 0 Å². The van der Waals surface area contributed by atoms with Gasteiger partial charge in [-0.05, 0) is 12.8 Å². The number of nitrogens with one attached hydrogen (secondary N) is 2. The number of rotatable bonds is 11. The Morgan fingerprint density at radius 1 is 0.562 bits per heavy atom. The summed E-state index contributed by atoms with van der Waals surface area (Å²) in [6, 6.07) is 0. The van der Waals surface area contributed by atoms with E-state index in [2.05, 4.69) is 20.1 Å². The van der Waals surface area contributed by atoms with Crippen molar-refractivity contribution >= 4 is 0 Å². The van der Waals surface area contributed by atoms with E-state index in [4.69, 9.17) is 11.1 Å². The molecule has 0 aliphatic heterocycles. The third-order valence-electron chi connectivity index (χ3n) is 2.41. The van der Waals surface area contributed by atoms with Crippen molar-refractivity contribution in [2.24, 2.45) is 10.2 Å². The number of unbranched alkanes of at least 4 members (excludes halogenated alkanes) is 7. The molecule has 0 aliphatic carbocycles. The summed E-state index contributed by atoms with van der Waals surface area (Å²) in [4.78, 5) is 5.93. The zero-order chi connectivity index (χ0) is 11.9. The molecule has 0 saturated carbocycles. The Labute approximate surface area is 96.3 Å². The lowest BCUT2D eigenvalue weighted by Gasteiger charge is -1.98. The topological polar surface area (TPSA) is 101 Å². The first-order valence-electron chi connectivity index (χ1n) is 5.98. The number of hydrogen-bond donors (Lipinski definition) is 2. The van der Waals surface area contributed by atoms with E-state index < -0.39 is 0 Å². The van der Waals surface area contributed by atoms with Crippen LogP contribution in [0, 0.1) is 11.1 Å². The van der Waals surface area contributed by atoms with Gasteiger partial charge in [-0.3, -0.25) is 0 Å². The molecule has 0 aliphatic rings. The minimum atomic E-state index is 0.696. The molecular formula is C10H22N6+2. The van der Waals surface area contributed by atoms with E-state index in [0.717, 1.165) is 12.8 Å². The van der Waals surface area contributed by atoms with Crippen LogP contribution in [0.5, 0.6) is 0 Å². The van der Waals surface area contributed by atoms with E-state index in [9.17, 15) is 0 Å². The van der Waals surface area contributed by atoms with Crippen LogP contribution in [-0.2, 0) is 0 Å². The highest BCUT2D eigenvalue weighted by Crippen LogP contribution is 2.08. The Morgan fingerprint density at radius 2 is 0.875 bits per heavy atom. The second-order valence-electron chi connectivity index (χ2n) is 3.76. The number of nitrogens with zero attached hydrogens (tertiary/aromatic N) is 4. The largest absolute Gasteiger partial charge is 0.214 e. The van der Waals surface area contributed by atoms with Gasteiger partial charge in [0.15, 0.2) is 0 Å². The molecule has 0 bridgehead atoms. The molecule has 0 rings (SSSR count). The highest BCUT2D eigenvalue weighted by Gasteiger charge is 1.94. The Bertz CT molecular complexity index is 214. The third-order valence-corrected chi connectivity index (χ3v) is 2.41. The molecule has 0 fully saturated rings. The molecule has 0 aromatic heterocycles. The molecule has 0 aromatic carbocycles. The van der Waals surface area contributed by atoms with Gasteiger partial charge in [0.2, 0.25) is 9.82 Å². The van der Waals surface area contributed by atoms with Gasteiger partial charge >= 0.3 is 0 Å². The predicted molar refractivity (Wildman–Crippen MR) is 61.2 cm³/mol. The van der Waals surface area contributed by atoms with Crippen LogP contribution in [-0.4, -0.2) is 13.1 Å². The van der Waals surface area contributed by atoms with Gasteiger partial charge in [0.05, 0.1) is 0 Å². The molecule has 16 heavy (non-hydrogen) atoms. The van der Waals surface area contributed by atoms with Gasteiger partial charge in [-0.15, -0.1) is 0 Å². The lowest BCUT2D eigenvalue weighted by Crippen LogP contribution is -1.85. The second-order valence-corrected chi connectivity index (χ2v) is 3.76. The molecule has 2 N–H and O–H groups in total. The zero-order valence-electron chi connectivity index (χ0n) is 9.86. The van der Waals surface area contributed by atoms with E-state index in [1.165, 1.54) is 38.5 Å². The van der Waals surface area contributed by atoms with Gasteiger partial charge in [-0.2, -0.15) is 0 Å². The van der Waals surface area contributed by atoms with Crippen LogP contribution in [0.15, 0.2) is 10.2 Å². The van der Waals surface area contributed by atoms with E-state index in [1.807, 2.05) is 0 Å². The van der Waals surface area contributed by atoms with Gasteiger partial charge in [0, 0.05) is 0 Å². The maximum atomic E-state index is 6.48. The molecular weight excluding hydrogens is 204 g/mol. The summed E-state index contributed by atoms with van der Waals surface area (Å²) in [7, 11) is 0. The predicted octanol–water partition coefficient (Wildman–Crippen LogP) is 3.21. The van der Waals surface area contributed by atoms with E-state index >= 15 is 0 Å². The zero-order valence-corrected chi connectivity index (χ0v) is 9.86. The van der Waals surface area contributed by atoms with Gasteiger partial charge in [-0.1, -0.05) is 38.5 Å². The highest BCUT2D eigenvalue weighted by atomic mass is 15.1. The smallest absolute Gasteiger partial charge is 0.0533 e. The molecule has 6 heteroatoms. The first kappa shape index (κ1) is 14.6. The first-order chi connectivity index (χ1) is 7.91. The Balaban J connectivity index is 2.98.